The molecule has 2 aliphatic heterocycles. The number of hydrogen-bond acceptors (Lipinski definition) is 3. The molecule has 3 amide bonds. The molecule has 1 aliphatic carbocycles. The second kappa shape index (κ2) is 8.84. The number of hydrogen-bond donors (Lipinski definition) is 0. The summed E-state index contributed by atoms with van der Waals surface area (Å²) in [5.74, 6) is -0.416. The lowest BCUT2D eigenvalue weighted by molar-refractivity contribution is -0.443. The summed E-state index contributed by atoms with van der Waals surface area (Å²) < 4.78 is 1.86. The highest BCUT2D eigenvalue weighted by Gasteiger charge is 2.54. The van der Waals surface area contributed by atoms with Gasteiger partial charge in [0.1, 0.15) is 12.2 Å². The number of urea groups is 1. The number of carbonyl (C=O) groups is 2. The molecule has 1 unspecified atom stereocenters. The number of anilines is 1. The Morgan fingerprint density at radius 2 is 1.59 bits per heavy atom. The average Bonchev–Trinajstić information content (AvgIpc) is 3.22. The van der Waals surface area contributed by atoms with Gasteiger partial charge in [0.25, 0.3) is 0 Å². The third-order valence-electron chi connectivity index (χ3n) is 7.20. The number of aryl methyl sites for hydroxylation is 1. The van der Waals surface area contributed by atoms with Crippen LogP contribution in [0.2, 0.25) is 0 Å². The van der Waals surface area contributed by atoms with Gasteiger partial charge in [0.05, 0.1) is 0 Å². The van der Waals surface area contributed by atoms with Gasteiger partial charge in [-0.25, -0.2) is 4.79 Å². The van der Waals surface area contributed by atoms with Crippen LogP contribution in [-0.2, 0) is 23.2 Å². The van der Waals surface area contributed by atoms with E-state index in [1.54, 1.807) is 11.8 Å². The Labute approximate surface area is 206 Å². The number of rotatable bonds is 4. The number of thioether (sulfide) groups is 1. The number of benzene rings is 2. The summed E-state index contributed by atoms with van der Waals surface area (Å²) in [7, 11) is 0. The highest BCUT2D eigenvalue weighted by Crippen LogP contribution is 2.48. The number of amides is 3. The molecule has 3 aliphatic rings. The largest absolute Gasteiger partial charge is 0.506 e. The maximum absolute atomic E-state index is 13.8. The molecule has 0 N–H and O–H groups in total. The van der Waals surface area contributed by atoms with Crippen LogP contribution >= 0.6 is 11.8 Å². The van der Waals surface area contributed by atoms with E-state index in [-0.39, 0.29) is 23.3 Å². The molecule has 5 rings (SSSR count). The van der Waals surface area contributed by atoms with Crippen LogP contribution in [0.1, 0.15) is 70.1 Å². The summed E-state index contributed by atoms with van der Waals surface area (Å²) in [5, 5.41) is 0.906. The van der Waals surface area contributed by atoms with Gasteiger partial charge >= 0.3 is 11.9 Å². The second-order valence-corrected chi connectivity index (χ2v) is 11.7. The molecule has 0 aromatic heterocycles. The number of allylic oxidation sites excluding steroid dienone is 1. The van der Waals surface area contributed by atoms with Crippen molar-refractivity contribution in [3.63, 3.8) is 0 Å². The highest BCUT2D eigenvalue weighted by molar-refractivity contribution is 8.17. The van der Waals surface area contributed by atoms with E-state index in [0.29, 0.717) is 12.2 Å². The topological polar surface area (TPSA) is 40.4 Å². The third-order valence-corrected chi connectivity index (χ3v) is 8.58. The van der Waals surface area contributed by atoms with Gasteiger partial charge in [-0.1, -0.05) is 75.9 Å². The number of carbonyl (C=O) groups excluding carboxylic acids is 2. The van der Waals surface area contributed by atoms with E-state index in [1.165, 1.54) is 26.5 Å². The molecule has 34 heavy (non-hydrogen) atoms. The van der Waals surface area contributed by atoms with Crippen molar-refractivity contribution in [3.8, 4) is 0 Å². The van der Waals surface area contributed by atoms with Gasteiger partial charge in [0.15, 0.2) is 11.0 Å². The molecule has 5 heteroatoms. The Balaban J connectivity index is 1.56. The summed E-state index contributed by atoms with van der Waals surface area (Å²) in [6.07, 6.45) is 5.16. The van der Waals surface area contributed by atoms with Crippen molar-refractivity contribution in [1.29, 1.82) is 0 Å². The van der Waals surface area contributed by atoms with Gasteiger partial charge in [0, 0.05) is 0 Å². The molecule has 0 saturated heterocycles. The SMILES string of the molecule is CCc1ccc(N2C(=O)C3C4=C(CCCC4)SC3=[N+](Cc3ccc(C(C)(C)C)cc3)C2=O)cc1. The molecule has 1 atom stereocenters. The quantitative estimate of drug-likeness (QED) is 0.458. The first-order valence-electron chi connectivity index (χ1n) is 12.4. The fourth-order valence-corrected chi connectivity index (χ4v) is 6.58. The zero-order valence-electron chi connectivity index (χ0n) is 20.6. The molecule has 0 saturated carbocycles. The summed E-state index contributed by atoms with van der Waals surface area (Å²) in [5.41, 5.74) is 5.52. The van der Waals surface area contributed by atoms with Gasteiger partial charge in [-0.15, -0.1) is 4.90 Å². The van der Waals surface area contributed by atoms with Crippen molar-refractivity contribution in [3.05, 3.63) is 75.7 Å². The van der Waals surface area contributed by atoms with E-state index >= 15 is 0 Å². The lowest BCUT2D eigenvalue weighted by Gasteiger charge is -2.26. The van der Waals surface area contributed by atoms with Crippen molar-refractivity contribution < 1.29 is 14.2 Å². The minimum absolute atomic E-state index is 0.0808. The van der Waals surface area contributed by atoms with Crippen molar-refractivity contribution in [2.24, 2.45) is 5.92 Å². The molecule has 176 valence electrons. The number of imide groups is 1. The average molecular weight is 474 g/mol. The van der Waals surface area contributed by atoms with Crippen LogP contribution in [-0.4, -0.2) is 21.6 Å². The first kappa shape index (κ1) is 23.1. The summed E-state index contributed by atoms with van der Waals surface area (Å²) >= 11 is 1.68. The maximum atomic E-state index is 13.8. The van der Waals surface area contributed by atoms with Crippen molar-refractivity contribution in [2.75, 3.05) is 4.90 Å². The zero-order chi connectivity index (χ0) is 24.0. The zero-order valence-corrected chi connectivity index (χ0v) is 21.4. The normalized spacial score (nSPS) is 20.7. The molecular formula is C29H33N2O2S+. The maximum Gasteiger partial charge on any atom is 0.506 e. The van der Waals surface area contributed by atoms with E-state index in [4.69, 9.17) is 0 Å². The first-order chi connectivity index (χ1) is 16.3. The Bertz CT molecular complexity index is 1200. The second-order valence-electron chi connectivity index (χ2n) is 10.5. The lowest BCUT2D eigenvalue weighted by atomic mass is 9.86. The van der Waals surface area contributed by atoms with Crippen LogP contribution in [0.25, 0.3) is 0 Å². The molecule has 2 aromatic rings. The number of nitrogens with zero attached hydrogens (tertiary/aromatic N) is 2. The van der Waals surface area contributed by atoms with Crippen molar-refractivity contribution >= 4 is 34.4 Å². The Morgan fingerprint density at radius 3 is 2.24 bits per heavy atom. The molecule has 4 nitrogen and oxygen atoms in total. The van der Waals surface area contributed by atoms with E-state index < -0.39 is 0 Å². The highest BCUT2D eigenvalue weighted by atomic mass is 32.2. The van der Waals surface area contributed by atoms with Gasteiger partial charge in [-0.3, -0.25) is 0 Å². The number of fused-ring (bicyclic) bond motifs is 2. The fourth-order valence-electron chi connectivity index (χ4n) is 5.12. The molecule has 2 aromatic carbocycles. The molecule has 0 bridgehead atoms. The Morgan fingerprint density at radius 1 is 0.941 bits per heavy atom. The van der Waals surface area contributed by atoms with Gasteiger partial charge in [-0.05, 0) is 76.8 Å². The van der Waals surface area contributed by atoms with Crippen LogP contribution in [0.3, 0.4) is 0 Å². The molecule has 0 radical (unpaired) electrons. The van der Waals surface area contributed by atoms with Crippen molar-refractivity contribution in [2.45, 2.75) is 71.8 Å². The van der Waals surface area contributed by atoms with Crippen molar-refractivity contribution in [1.82, 2.24) is 0 Å². The standard InChI is InChI=1S/C29H33N2O2S/c1-5-19-12-16-22(17-13-19)31-26(32)25-23-8-6-7-9-24(23)34-27(25)30(28(31)33)18-20-10-14-21(15-11-20)29(2,3)4/h10-17,25H,5-9,18H2,1-4H3/q+1. The van der Waals surface area contributed by atoms with Gasteiger partial charge in [-0.2, -0.15) is 9.37 Å². The van der Waals surface area contributed by atoms with Crippen LogP contribution < -0.4 is 4.90 Å². The molecule has 0 fully saturated rings. The van der Waals surface area contributed by atoms with E-state index in [0.717, 1.165) is 42.7 Å². The van der Waals surface area contributed by atoms with E-state index in [2.05, 4.69) is 52.0 Å². The van der Waals surface area contributed by atoms with Crippen LogP contribution in [0, 0.1) is 5.92 Å². The summed E-state index contributed by atoms with van der Waals surface area (Å²) in [6, 6.07) is 16.2. The predicted molar refractivity (Wildman–Crippen MR) is 139 cm³/mol. The summed E-state index contributed by atoms with van der Waals surface area (Å²) in [6.45, 7) is 9.19. The fraction of sp³-hybridized carbons (Fsp3) is 0.414. The Hall–Kier alpha value is -2.66. The molecule has 0 spiro atoms. The molecule has 2 heterocycles. The predicted octanol–water partition coefficient (Wildman–Crippen LogP) is 6.82. The summed E-state index contributed by atoms with van der Waals surface area (Å²) in [4.78, 5) is 30.4. The smallest absolute Gasteiger partial charge is 0.245 e. The van der Waals surface area contributed by atoms with E-state index in [1.807, 2.05) is 28.8 Å². The van der Waals surface area contributed by atoms with Crippen LogP contribution in [0.15, 0.2) is 59.0 Å². The lowest BCUT2D eigenvalue weighted by Crippen LogP contribution is -2.53. The minimum Gasteiger partial charge on any atom is -0.245 e. The van der Waals surface area contributed by atoms with Gasteiger partial charge < -0.3 is 0 Å². The first-order valence-corrected chi connectivity index (χ1v) is 13.2. The van der Waals surface area contributed by atoms with Gasteiger partial charge in [0.2, 0.25) is 0 Å². The Kier molecular flexibility index (Phi) is 6.01. The van der Waals surface area contributed by atoms with E-state index in [9.17, 15) is 9.59 Å². The minimum atomic E-state index is -0.322. The van der Waals surface area contributed by atoms with Crippen LogP contribution in [0.4, 0.5) is 10.5 Å². The third kappa shape index (κ3) is 4.04. The van der Waals surface area contributed by atoms with Crippen LogP contribution in [0.5, 0.6) is 0 Å². The monoisotopic (exact) mass is 473 g/mol. The molecular weight excluding hydrogens is 440 g/mol.